The number of phenols is 1. The van der Waals surface area contributed by atoms with E-state index in [1.54, 1.807) is 17.9 Å². The van der Waals surface area contributed by atoms with Crippen LogP contribution in [0.2, 0.25) is 0 Å². The number of carbonyl (C=O) groups is 1. The van der Waals surface area contributed by atoms with Crippen molar-refractivity contribution in [2.75, 3.05) is 5.32 Å². The molecule has 6 heteroatoms. The lowest BCUT2D eigenvalue weighted by atomic mass is 10.1. The number of aryl methyl sites for hydroxylation is 2. The normalized spacial score (nSPS) is 10.5. The lowest BCUT2D eigenvalue weighted by Crippen LogP contribution is -2.14. The summed E-state index contributed by atoms with van der Waals surface area (Å²) < 4.78 is 15.1. The summed E-state index contributed by atoms with van der Waals surface area (Å²) in [6, 6.07) is 3.73. The summed E-state index contributed by atoms with van der Waals surface area (Å²) in [5, 5.41) is 16.3. The van der Waals surface area contributed by atoms with Gasteiger partial charge in [-0.15, -0.1) is 0 Å². The number of hydrogen-bond donors (Lipinski definition) is 2. The molecule has 0 aliphatic heterocycles. The largest absolute Gasteiger partial charge is 0.507 e. The standard InChI is InChI=1S/C13H14FN3O2/c1-3-9-10(7-17(2)16-9)15-13(19)12-8(14)5-4-6-11(12)18/h4-7,18H,3H2,1-2H3,(H,15,19). The van der Waals surface area contributed by atoms with Gasteiger partial charge in [0.1, 0.15) is 17.1 Å². The van der Waals surface area contributed by atoms with Crippen molar-refractivity contribution in [1.29, 1.82) is 0 Å². The molecule has 0 spiro atoms. The second-order valence-corrected chi connectivity index (χ2v) is 4.10. The van der Waals surface area contributed by atoms with Gasteiger partial charge < -0.3 is 10.4 Å². The molecule has 0 aliphatic carbocycles. The van der Waals surface area contributed by atoms with Crippen LogP contribution in [-0.2, 0) is 13.5 Å². The van der Waals surface area contributed by atoms with Crippen LogP contribution < -0.4 is 5.32 Å². The molecule has 0 saturated heterocycles. The van der Waals surface area contributed by atoms with Gasteiger partial charge in [0, 0.05) is 13.2 Å². The molecule has 2 aromatic rings. The number of nitrogens with one attached hydrogen (secondary N) is 1. The van der Waals surface area contributed by atoms with Gasteiger partial charge in [-0.05, 0) is 18.6 Å². The first-order valence-corrected chi connectivity index (χ1v) is 5.84. The van der Waals surface area contributed by atoms with Gasteiger partial charge in [0.25, 0.3) is 5.91 Å². The Morgan fingerprint density at radius 2 is 2.26 bits per heavy atom. The van der Waals surface area contributed by atoms with Crippen LogP contribution in [0.3, 0.4) is 0 Å². The Morgan fingerprint density at radius 3 is 2.89 bits per heavy atom. The van der Waals surface area contributed by atoms with E-state index in [0.717, 1.165) is 6.07 Å². The van der Waals surface area contributed by atoms with Gasteiger partial charge in [-0.1, -0.05) is 13.0 Å². The molecule has 2 N–H and O–H groups in total. The summed E-state index contributed by atoms with van der Waals surface area (Å²) in [6.07, 6.45) is 2.27. The Bertz CT molecular complexity index is 602. The number of nitrogens with zero attached hydrogens (tertiary/aromatic N) is 2. The van der Waals surface area contributed by atoms with Crippen LogP contribution in [0.15, 0.2) is 24.4 Å². The van der Waals surface area contributed by atoms with Crippen molar-refractivity contribution in [2.45, 2.75) is 13.3 Å². The SMILES string of the molecule is CCc1nn(C)cc1NC(=O)c1c(O)cccc1F. The highest BCUT2D eigenvalue weighted by Gasteiger charge is 2.18. The van der Waals surface area contributed by atoms with Crippen LogP contribution in [0.1, 0.15) is 23.0 Å². The first kappa shape index (κ1) is 13.1. The first-order valence-electron chi connectivity index (χ1n) is 5.84. The fourth-order valence-electron chi connectivity index (χ4n) is 1.82. The number of hydrogen-bond acceptors (Lipinski definition) is 3. The minimum Gasteiger partial charge on any atom is -0.507 e. The second kappa shape index (κ2) is 5.09. The fourth-order valence-corrected chi connectivity index (χ4v) is 1.82. The van der Waals surface area contributed by atoms with E-state index in [4.69, 9.17) is 0 Å². The molecule has 0 saturated carbocycles. The average molecular weight is 263 g/mol. The van der Waals surface area contributed by atoms with Gasteiger partial charge >= 0.3 is 0 Å². The zero-order valence-electron chi connectivity index (χ0n) is 10.6. The van der Waals surface area contributed by atoms with Gasteiger partial charge in [0.2, 0.25) is 0 Å². The van der Waals surface area contributed by atoms with E-state index in [9.17, 15) is 14.3 Å². The van der Waals surface area contributed by atoms with Crippen LogP contribution in [0.5, 0.6) is 5.75 Å². The number of anilines is 1. The lowest BCUT2D eigenvalue weighted by molar-refractivity contribution is 0.102. The maximum atomic E-state index is 13.5. The average Bonchev–Trinajstić information content (AvgIpc) is 2.69. The number of halogens is 1. The Morgan fingerprint density at radius 1 is 1.53 bits per heavy atom. The number of carbonyl (C=O) groups excluding carboxylic acids is 1. The quantitative estimate of drug-likeness (QED) is 0.891. The summed E-state index contributed by atoms with van der Waals surface area (Å²) in [5.41, 5.74) is 0.845. The molecule has 0 fully saturated rings. The van der Waals surface area contributed by atoms with Crippen LogP contribution in [0, 0.1) is 5.82 Å². The third-order valence-corrected chi connectivity index (χ3v) is 2.71. The molecule has 2 rings (SSSR count). The van der Waals surface area contributed by atoms with Gasteiger partial charge in [0.05, 0.1) is 11.4 Å². The van der Waals surface area contributed by atoms with Gasteiger partial charge in [0.15, 0.2) is 0 Å². The van der Waals surface area contributed by atoms with E-state index in [0.29, 0.717) is 17.8 Å². The van der Waals surface area contributed by atoms with Gasteiger partial charge in [-0.25, -0.2) is 4.39 Å². The van der Waals surface area contributed by atoms with E-state index in [-0.39, 0.29) is 11.3 Å². The van der Waals surface area contributed by atoms with E-state index in [1.807, 2.05) is 6.92 Å². The molecule has 0 aliphatic rings. The molecule has 0 radical (unpaired) electrons. The maximum Gasteiger partial charge on any atom is 0.262 e. The van der Waals surface area contributed by atoms with Crippen molar-refractivity contribution < 1.29 is 14.3 Å². The predicted octanol–water partition coefficient (Wildman–Crippen LogP) is 2.08. The summed E-state index contributed by atoms with van der Waals surface area (Å²) >= 11 is 0. The lowest BCUT2D eigenvalue weighted by Gasteiger charge is -2.07. The van der Waals surface area contributed by atoms with E-state index in [1.165, 1.54) is 12.1 Å². The molecule has 0 bridgehead atoms. The third-order valence-electron chi connectivity index (χ3n) is 2.71. The molecular formula is C13H14FN3O2. The number of benzene rings is 1. The fraction of sp³-hybridized carbons (Fsp3) is 0.231. The first-order chi connectivity index (χ1) is 9.02. The van der Waals surface area contributed by atoms with Crippen molar-refractivity contribution >= 4 is 11.6 Å². The molecule has 1 amide bonds. The molecule has 1 aromatic carbocycles. The Balaban J connectivity index is 2.31. The molecule has 1 aromatic heterocycles. The minimum atomic E-state index is -0.764. The third kappa shape index (κ3) is 2.57. The van der Waals surface area contributed by atoms with Crippen LogP contribution in [0.25, 0.3) is 0 Å². The highest BCUT2D eigenvalue weighted by Crippen LogP contribution is 2.22. The van der Waals surface area contributed by atoms with Crippen molar-refractivity contribution in [2.24, 2.45) is 7.05 Å². The zero-order valence-corrected chi connectivity index (χ0v) is 10.6. The number of aromatic nitrogens is 2. The summed E-state index contributed by atoms with van der Waals surface area (Å²) in [7, 11) is 1.73. The van der Waals surface area contributed by atoms with E-state index >= 15 is 0 Å². The number of amides is 1. The number of phenolic OH excluding ortho intramolecular Hbond substituents is 1. The van der Waals surface area contributed by atoms with Gasteiger partial charge in [-0.3, -0.25) is 9.48 Å². The zero-order chi connectivity index (χ0) is 14.0. The monoisotopic (exact) mass is 263 g/mol. The smallest absolute Gasteiger partial charge is 0.262 e. The number of aromatic hydroxyl groups is 1. The van der Waals surface area contributed by atoms with E-state index in [2.05, 4.69) is 10.4 Å². The van der Waals surface area contributed by atoms with Crippen LogP contribution in [-0.4, -0.2) is 20.8 Å². The van der Waals surface area contributed by atoms with Gasteiger partial charge in [-0.2, -0.15) is 5.10 Å². The molecule has 0 atom stereocenters. The Labute approximate surface area is 109 Å². The van der Waals surface area contributed by atoms with Crippen molar-refractivity contribution in [1.82, 2.24) is 9.78 Å². The minimum absolute atomic E-state index is 0.367. The molecule has 19 heavy (non-hydrogen) atoms. The molecule has 0 unspecified atom stereocenters. The predicted molar refractivity (Wildman–Crippen MR) is 68.6 cm³/mol. The van der Waals surface area contributed by atoms with E-state index < -0.39 is 11.7 Å². The molecule has 5 nitrogen and oxygen atoms in total. The summed E-state index contributed by atoms with van der Waals surface area (Å²) in [5.74, 6) is -1.85. The van der Waals surface area contributed by atoms with Crippen LogP contribution in [0.4, 0.5) is 10.1 Å². The Kier molecular flexibility index (Phi) is 3.50. The summed E-state index contributed by atoms with van der Waals surface area (Å²) in [6.45, 7) is 1.90. The maximum absolute atomic E-state index is 13.5. The van der Waals surface area contributed by atoms with Crippen molar-refractivity contribution in [3.8, 4) is 5.75 Å². The van der Waals surface area contributed by atoms with Crippen molar-refractivity contribution in [3.63, 3.8) is 0 Å². The number of rotatable bonds is 3. The highest BCUT2D eigenvalue weighted by molar-refractivity contribution is 6.06. The molecular weight excluding hydrogens is 249 g/mol. The van der Waals surface area contributed by atoms with Crippen LogP contribution >= 0.6 is 0 Å². The molecule has 100 valence electrons. The highest BCUT2D eigenvalue weighted by atomic mass is 19.1. The topological polar surface area (TPSA) is 67.2 Å². The second-order valence-electron chi connectivity index (χ2n) is 4.10. The van der Waals surface area contributed by atoms with Crippen molar-refractivity contribution in [3.05, 3.63) is 41.5 Å². The Hall–Kier alpha value is -2.37. The molecule has 1 heterocycles. The summed E-state index contributed by atoms with van der Waals surface area (Å²) in [4.78, 5) is 12.0.